The molecule has 1 fully saturated rings. The highest BCUT2D eigenvalue weighted by atomic mass is 32.2. The number of para-hydroxylation sites is 1. The standard InChI is InChI=1S/C22H17N3O4S2/c1-29-18-10-8-16(9-11-18)24-21(26)20(31-22(24)30)13-17-6-4-12-23(17)14-15-5-2-3-7-19(15)25(27)28/h2-13H,14H2,1H3/b20-13-. The minimum Gasteiger partial charge on any atom is -0.497 e. The van der Waals surface area contributed by atoms with Crippen LogP contribution in [0.3, 0.4) is 0 Å². The summed E-state index contributed by atoms with van der Waals surface area (Å²) in [6.45, 7) is 0.314. The summed E-state index contributed by atoms with van der Waals surface area (Å²) in [7, 11) is 1.58. The monoisotopic (exact) mass is 451 g/mol. The van der Waals surface area contributed by atoms with E-state index in [0.29, 0.717) is 32.8 Å². The fourth-order valence-electron chi connectivity index (χ4n) is 3.26. The fraction of sp³-hybridized carbons (Fsp3) is 0.0909. The summed E-state index contributed by atoms with van der Waals surface area (Å²) in [5.41, 5.74) is 2.08. The lowest BCUT2D eigenvalue weighted by Crippen LogP contribution is -2.27. The number of nitro groups is 1. The van der Waals surface area contributed by atoms with Crippen molar-refractivity contribution < 1.29 is 14.5 Å². The third-order valence-electron chi connectivity index (χ3n) is 4.80. The number of anilines is 1. The first-order valence-corrected chi connectivity index (χ1v) is 10.5. The number of thioether (sulfide) groups is 1. The van der Waals surface area contributed by atoms with Gasteiger partial charge in [-0.15, -0.1) is 0 Å². The molecular formula is C22H17N3O4S2. The van der Waals surface area contributed by atoms with Gasteiger partial charge in [0.15, 0.2) is 4.32 Å². The van der Waals surface area contributed by atoms with Crippen molar-refractivity contribution in [2.24, 2.45) is 0 Å². The second kappa shape index (κ2) is 8.75. The highest BCUT2D eigenvalue weighted by Crippen LogP contribution is 2.36. The second-order valence-corrected chi connectivity index (χ2v) is 8.34. The van der Waals surface area contributed by atoms with Crippen molar-refractivity contribution >= 4 is 51.7 Å². The predicted octanol–water partition coefficient (Wildman–Crippen LogP) is 4.86. The first-order chi connectivity index (χ1) is 15.0. The molecule has 3 aromatic rings. The molecule has 2 heterocycles. The van der Waals surface area contributed by atoms with E-state index in [1.807, 2.05) is 22.9 Å². The maximum Gasteiger partial charge on any atom is 0.274 e. The van der Waals surface area contributed by atoms with Crippen molar-refractivity contribution in [3.63, 3.8) is 0 Å². The second-order valence-electron chi connectivity index (χ2n) is 6.66. The Hall–Kier alpha value is -3.43. The number of rotatable bonds is 6. The molecule has 1 aliphatic heterocycles. The molecule has 0 saturated carbocycles. The van der Waals surface area contributed by atoms with Gasteiger partial charge < -0.3 is 9.30 Å². The summed E-state index contributed by atoms with van der Waals surface area (Å²) in [6, 6.07) is 17.4. The van der Waals surface area contributed by atoms with Gasteiger partial charge in [-0.25, -0.2) is 0 Å². The minimum absolute atomic E-state index is 0.0629. The summed E-state index contributed by atoms with van der Waals surface area (Å²) in [5, 5.41) is 11.3. The van der Waals surface area contributed by atoms with E-state index in [1.54, 1.807) is 55.7 Å². The fourth-order valence-corrected chi connectivity index (χ4v) is 4.55. The molecule has 31 heavy (non-hydrogen) atoms. The Bertz CT molecular complexity index is 1200. The number of hydrogen-bond acceptors (Lipinski definition) is 6. The topological polar surface area (TPSA) is 77.6 Å². The Morgan fingerprint density at radius 1 is 1.13 bits per heavy atom. The number of hydrogen-bond donors (Lipinski definition) is 0. The van der Waals surface area contributed by atoms with Crippen molar-refractivity contribution in [1.82, 2.24) is 4.57 Å². The molecule has 7 nitrogen and oxygen atoms in total. The largest absolute Gasteiger partial charge is 0.497 e. The number of thiocarbonyl (C=S) groups is 1. The van der Waals surface area contributed by atoms with Crippen LogP contribution in [0.5, 0.6) is 5.75 Å². The minimum atomic E-state index is -0.390. The molecule has 156 valence electrons. The average molecular weight is 452 g/mol. The lowest BCUT2D eigenvalue weighted by molar-refractivity contribution is -0.385. The average Bonchev–Trinajstić information content (AvgIpc) is 3.32. The van der Waals surface area contributed by atoms with Crippen LogP contribution >= 0.6 is 24.0 Å². The van der Waals surface area contributed by atoms with E-state index in [9.17, 15) is 14.9 Å². The zero-order valence-electron chi connectivity index (χ0n) is 16.4. The molecule has 0 N–H and O–H groups in total. The predicted molar refractivity (Wildman–Crippen MR) is 125 cm³/mol. The molecule has 0 aliphatic carbocycles. The first-order valence-electron chi connectivity index (χ1n) is 9.27. The Balaban J connectivity index is 1.60. The maximum atomic E-state index is 13.0. The van der Waals surface area contributed by atoms with Gasteiger partial charge in [0.2, 0.25) is 0 Å². The van der Waals surface area contributed by atoms with Crippen molar-refractivity contribution in [2.45, 2.75) is 6.54 Å². The summed E-state index contributed by atoms with van der Waals surface area (Å²) in [5.74, 6) is 0.483. The molecule has 0 spiro atoms. The van der Waals surface area contributed by atoms with Gasteiger partial charge in [-0.05, 0) is 42.5 Å². The molecule has 2 aromatic carbocycles. The third-order valence-corrected chi connectivity index (χ3v) is 6.10. The van der Waals surface area contributed by atoms with Crippen molar-refractivity contribution in [3.05, 3.63) is 93.1 Å². The highest BCUT2D eigenvalue weighted by molar-refractivity contribution is 8.27. The Kier molecular flexibility index (Phi) is 5.88. The number of amides is 1. The SMILES string of the molecule is COc1ccc(N2C(=O)/C(=C/c3cccn3Cc3ccccc3[N+](=O)[O-])SC2=S)cc1. The number of aromatic nitrogens is 1. The lowest BCUT2D eigenvalue weighted by atomic mass is 10.2. The van der Waals surface area contributed by atoms with E-state index < -0.39 is 4.92 Å². The summed E-state index contributed by atoms with van der Waals surface area (Å²) in [4.78, 5) is 25.9. The van der Waals surface area contributed by atoms with E-state index in [2.05, 4.69) is 0 Å². The summed E-state index contributed by atoms with van der Waals surface area (Å²) >= 11 is 6.66. The van der Waals surface area contributed by atoms with Crippen LogP contribution in [0, 0.1) is 10.1 Å². The van der Waals surface area contributed by atoms with Gasteiger partial charge >= 0.3 is 0 Å². The Morgan fingerprint density at radius 3 is 2.58 bits per heavy atom. The number of benzene rings is 2. The first kappa shape index (κ1) is 20.8. The van der Waals surface area contributed by atoms with Crippen LogP contribution in [-0.4, -0.2) is 26.8 Å². The number of methoxy groups -OCH3 is 1. The molecule has 1 saturated heterocycles. The normalized spacial score (nSPS) is 15.0. The van der Waals surface area contributed by atoms with E-state index in [0.717, 1.165) is 5.69 Å². The molecule has 1 aromatic heterocycles. The Labute approximate surface area is 188 Å². The van der Waals surface area contributed by atoms with Crippen LogP contribution < -0.4 is 9.64 Å². The Morgan fingerprint density at radius 2 is 1.87 bits per heavy atom. The van der Waals surface area contributed by atoms with Gasteiger partial charge in [0, 0.05) is 23.5 Å². The number of nitro benzene ring substituents is 1. The zero-order chi connectivity index (χ0) is 22.0. The van der Waals surface area contributed by atoms with E-state index in [-0.39, 0.29) is 11.6 Å². The van der Waals surface area contributed by atoms with Crippen LogP contribution in [0.25, 0.3) is 6.08 Å². The van der Waals surface area contributed by atoms with Gasteiger partial charge in [0.1, 0.15) is 5.75 Å². The lowest BCUT2D eigenvalue weighted by Gasteiger charge is -2.14. The van der Waals surface area contributed by atoms with Crippen molar-refractivity contribution in [1.29, 1.82) is 0 Å². The van der Waals surface area contributed by atoms with Crippen LogP contribution in [0.1, 0.15) is 11.3 Å². The molecule has 0 bridgehead atoms. The molecule has 0 atom stereocenters. The van der Waals surface area contributed by atoms with E-state index in [1.165, 1.54) is 22.7 Å². The summed E-state index contributed by atoms with van der Waals surface area (Å²) < 4.78 is 7.47. The van der Waals surface area contributed by atoms with Gasteiger partial charge in [-0.3, -0.25) is 19.8 Å². The number of carbonyl (C=O) groups excluding carboxylic acids is 1. The zero-order valence-corrected chi connectivity index (χ0v) is 18.1. The highest BCUT2D eigenvalue weighted by Gasteiger charge is 2.33. The quantitative estimate of drug-likeness (QED) is 0.231. The molecular weight excluding hydrogens is 434 g/mol. The molecule has 0 unspecified atom stereocenters. The van der Waals surface area contributed by atoms with E-state index in [4.69, 9.17) is 17.0 Å². The summed E-state index contributed by atoms with van der Waals surface area (Å²) in [6.07, 6.45) is 3.59. The molecule has 0 radical (unpaired) electrons. The van der Waals surface area contributed by atoms with Gasteiger partial charge in [-0.2, -0.15) is 0 Å². The molecule has 4 rings (SSSR count). The van der Waals surface area contributed by atoms with Gasteiger partial charge in [0.25, 0.3) is 11.6 Å². The van der Waals surface area contributed by atoms with Gasteiger partial charge in [-0.1, -0.05) is 42.2 Å². The van der Waals surface area contributed by atoms with Crippen LogP contribution in [0.2, 0.25) is 0 Å². The van der Waals surface area contributed by atoms with Crippen molar-refractivity contribution in [2.75, 3.05) is 12.0 Å². The molecule has 1 aliphatic rings. The maximum absolute atomic E-state index is 13.0. The number of ether oxygens (including phenoxy) is 1. The van der Waals surface area contributed by atoms with Crippen LogP contribution in [0.15, 0.2) is 71.8 Å². The third kappa shape index (κ3) is 4.23. The molecule has 1 amide bonds. The van der Waals surface area contributed by atoms with Gasteiger partial charge in [0.05, 0.1) is 29.2 Å². The smallest absolute Gasteiger partial charge is 0.274 e. The number of nitrogens with zero attached hydrogens (tertiary/aromatic N) is 3. The van der Waals surface area contributed by atoms with Crippen LogP contribution in [0.4, 0.5) is 11.4 Å². The van der Waals surface area contributed by atoms with Crippen LogP contribution in [-0.2, 0) is 11.3 Å². The molecule has 9 heteroatoms. The number of carbonyl (C=O) groups is 1. The van der Waals surface area contributed by atoms with E-state index >= 15 is 0 Å². The van der Waals surface area contributed by atoms with Crippen molar-refractivity contribution in [3.8, 4) is 5.75 Å².